The van der Waals surface area contributed by atoms with Crippen molar-refractivity contribution in [2.45, 2.75) is 24.3 Å². The molecule has 1 N–H and O–H groups in total. The van der Waals surface area contributed by atoms with Crippen LogP contribution in [-0.2, 0) is 10.0 Å². The minimum atomic E-state index is -3.40. The van der Waals surface area contributed by atoms with E-state index in [1.54, 1.807) is 16.4 Å². The van der Waals surface area contributed by atoms with Gasteiger partial charge >= 0.3 is 0 Å². The van der Waals surface area contributed by atoms with Gasteiger partial charge in [0, 0.05) is 57.2 Å². The highest BCUT2D eigenvalue weighted by molar-refractivity contribution is 7.89. The number of aromatic nitrogens is 1. The van der Waals surface area contributed by atoms with Crippen LogP contribution in [0.3, 0.4) is 0 Å². The second-order valence-corrected chi connectivity index (χ2v) is 7.66. The van der Waals surface area contributed by atoms with Gasteiger partial charge in [0.05, 0.1) is 0 Å². The Morgan fingerprint density at radius 3 is 2.59 bits per heavy atom. The van der Waals surface area contributed by atoms with Crippen molar-refractivity contribution in [3.8, 4) is 0 Å². The Kier molecular flexibility index (Phi) is 5.79. The molecule has 0 amide bonds. The molecular formula is C14H23ClN4O2S. The topological polar surface area (TPSA) is 65.5 Å². The summed E-state index contributed by atoms with van der Waals surface area (Å²) in [6.45, 7) is 7.04. The number of halogens is 1. The van der Waals surface area contributed by atoms with E-state index in [1.807, 2.05) is 6.92 Å². The van der Waals surface area contributed by atoms with E-state index in [1.165, 1.54) is 6.20 Å². The SMILES string of the molecule is Cc1ccc(S(=O)(=O)N2CCC(N3CCNCC3)C2)cn1.Cl. The van der Waals surface area contributed by atoms with E-state index in [0.717, 1.165) is 38.3 Å². The highest BCUT2D eigenvalue weighted by Crippen LogP contribution is 2.23. The summed E-state index contributed by atoms with van der Waals surface area (Å²) in [7, 11) is -3.40. The molecule has 1 aromatic heterocycles. The molecule has 2 aliphatic rings. The summed E-state index contributed by atoms with van der Waals surface area (Å²) >= 11 is 0. The van der Waals surface area contributed by atoms with Gasteiger partial charge in [-0.2, -0.15) is 4.31 Å². The van der Waals surface area contributed by atoms with E-state index in [4.69, 9.17) is 0 Å². The molecule has 0 aliphatic carbocycles. The van der Waals surface area contributed by atoms with Crippen LogP contribution in [0.15, 0.2) is 23.2 Å². The summed E-state index contributed by atoms with van der Waals surface area (Å²) in [6, 6.07) is 3.74. The molecule has 3 rings (SSSR count). The summed E-state index contributed by atoms with van der Waals surface area (Å²) in [5.74, 6) is 0. The highest BCUT2D eigenvalue weighted by Gasteiger charge is 2.35. The molecule has 2 fully saturated rings. The van der Waals surface area contributed by atoms with Crippen molar-refractivity contribution in [3.63, 3.8) is 0 Å². The predicted octanol–water partition coefficient (Wildman–Crippen LogP) is 0.480. The summed E-state index contributed by atoms with van der Waals surface area (Å²) in [4.78, 5) is 6.80. The van der Waals surface area contributed by atoms with Crippen molar-refractivity contribution >= 4 is 22.4 Å². The largest absolute Gasteiger partial charge is 0.314 e. The first-order valence-electron chi connectivity index (χ1n) is 7.45. The summed E-state index contributed by atoms with van der Waals surface area (Å²) in [6.07, 6.45) is 2.38. The Morgan fingerprint density at radius 1 is 1.23 bits per heavy atom. The van der Waals surface area contributed by atoms with Crippen molar-refractivity contribution in [2.75, 3.05) is 39.3 Å². The second kappa shape index (κ2) is 7.23. The quantitative estimate of drug-likeness (QED) is 0.862. The average Bonchev–Trinajstić information content (AvgIpc) is 2.99. The van der Waals surface area contributed by atoms with Gasteiger partial charge in [-0.05, 0) is 25.5 Å². The molecule has 1 atom stereocenters. The number of nitrogens with one attached hydrogen (secondary N) is 1. The van der Waals surface area contributed by atoms with Crippen LogP contribution in [0.5, 0.6) is 0 Å². The Balaban J connectivity index is 0.00000176. The lowest BCUT2D eigenvalue weighted by Gasteiger charge is -2.32. The van der Waals surface area contributed by atoms with Crippen molar-refractivity contribution < 1.29 is 8.42 Å². The molecule has 0 spiro atoms. The molecular weight excluding hydrogens is 324 g/mol. The predicted molar refractivity (Wildman–Crippen MR) is 87.8 cm³/mol. The Hall–Kier alpha value is -0.730. The normalized spacial score (nSPS) is 24.1. The van der Waals surface area contributed by atoms with Crippen molar-refractivity contribution in [2.24, 2.45) is 0 Å². The molecule has 124 valence electrons. The van der Waals surface area contributed by atoms with E-state index in [9.17, 15) is 8.42 Å². The van der Waals surface area contributed by atoms with E-state index in [2.05, 4.69) is 15.2 Å². The Bertz CT molecular complexity index is 587. The Labute approximate surface area is 138 Å². The molecule has 6 nitrogen and oxygen atoms in total. The van der Waals surface area contributed by atoms with Gasteiger partial charge in [0.1, 0.15) is 4.90 Å². The maximum absolute atomic E-state index is 12.6. The first-order chi connectivity index (χ1) is 10.1. The van der Waals surface area contributed by atoms with Crippen LogP contribution >= 0.6 is 12.4 Å². The van der Waals surface area contributed by atoms with Gasteiger partial charge in [0.15, 0.2) is 0 Å². The van der Waals surface area contributed by atoms with Gasteiger partial charge in [-0.1, -0.05) is 0 Å². The molecule has 22 heavy (non-hydrogen) atoms. The third-order valence-electron chi connectivity index (χ3n) is 4.32. The number of hydrogen-bond donors (Lipinski definition) is 1. The molecule has 8 heteroatoms. The van der Waals surface area contributed by atoms with Gasteiger partial charge in [0.2, 0.25) is 10.0 Å². The van der Waals surface area contributed by atoms with Crippen LogP contribution in [0.2, 0.25) is 0 Å². The van der Waals surface area contributed by atoms with E-state index in [0.29, 0.717) is 24.0 Å². The third kappa shape index (κ3) is 3.60. The number of hydrogen-bond acceptors (Lipinski definition) is 5. The van der Waals surface area contributed by atoms with Crippen molar-refractivity contribution in [3.05, 3.63) is 24.0 Å². The zero-order chi connectivity index (χ0) is 14.9. The van der Waals surface area contributed by atoms with Gasteiger partial charge in [0.25, 0.3) is 0 Å². The van der Waals surface area contributed by atoms with Crippen molar-refractivity contribution in [1.82, 2.24) is 19.5 Å². The number of sulfonamides is 1. The lowest BCUT2D eigenvalue weighted by molar-refractivity contribution is 0.179. The van der Waals surface area contributed by atoms with Crippen LogP contribution < -0.4 is 5.32 Å². The maximum Gasteiger partial charge on any atom is 0.244 e. The monoisotopic (exact) mass is 346 g/mol. The lowest BCUT2D eigenvalue weighted by atomic mass is 10.2. The molecule has 0 saturated carbocycles. The minimum Gasteiger partial charge on any atom is -0.314 e. The molecule has 1 unspecified atom stereocenters. The first-order valence-corrected chi connectivity index (χ1v) is 8.89. The standard InChI is InChI=1S/C14H22N4O2S.ClH/c1-12-2-3-14(10-16-12)21(19,20)18-7-4-13(11-18)17-8-5-15-6-9-17;/h2-3,10,13,15H,4-9,11H2,1H3;1H. The fraction of sp³-hybridized carbons (Fsp3) is 0.643. The van der Waals surface area contributed by atoms with Crippen LogP contribution in [0.4, 0.5) is 0 Å². The summed E-state index contributed by atoms with van der Waals surface area (Å²) < 4.78 is 26.9. The molecule has 1 aromatic rings. The number of rotatable bonds is 3. The molecule has 0 bridgehead atoms. The summed E-state index contributed by atoms with van der Waals surface area (Å²) in [5, 5.41) is 3.33. The fourth-order valence-corrected chi connectivity index (χ4v) is 4.47. The van der Waals surface area contributed by atoms with E-state index < -0.39 is 10.0 Å². The van der Waals surface area contributed by atoms with Crippen LogP contribution in [0, 0.1) is 6.92 Å². The van der Waals surface area contributed by atoms with Crippen LogP contribution in [-0.4, -0.2) is 67.9 Å². The summed E-state index contributed by atoms with van der Waals surface area (Å²) in [5.41, 5.74) is 0.828. The number of aryl methyl sites for hydroxylation is 1. The highest BCUT2D eigenvalue weighted by atomic mass is 35.5. The van der Waals surface area contributed by atoms with Gasteiger partial charge < -0.3 is 5.32 Å². The second-order valence-electron chi connectivity index (χ2n) is 5.73. The van der Waals surface area contributed by atoms with Crippen LogP contribution in [0.1, 0.15) is 12.1 Å². The molecule has 2 aliphatic heterocycles. The zero-order valence-corrected chi connectivity index (χ0v) is 14.4. The van der Waals surface area contributed by atoms with Crippen LogP contribution in [0.25, 0.3) is 0 Å². The minimum absolute atomic E-state index is 0. The Morgan fingerprint density at radius 2 is 1.95 bits per heavy atom. The number of nitrogens with zero attached hydrogens (tertiary/aromatic N) is 3. The van der Waals surface area contributed by atoms with E-state index >= 15 is 0 Å². The lowest BCUT2D eigenvalue weighted by Crippen LogP contribution is -2.49. The average molecular weight is 347 g/mol. The maximum atomic E-state index is 12.6. The van der Waals surface area contributed by atoms with Gasteiger partial charge in [-0.25, -0.2) is 8.42 Å². The zero-order valence-electron chi connectivity index (χ0n) is 12.7. The molecule has 0 aromatic carbocycles. The first kappa shape index (κ1) is 17.6. The smallest absolute Gasteiger partial charge is 0.244 e. The number of piperazine rings is 1. The molecule has 0 radical (unpaired) electrons. The fourth-order valence-electron chi connectivity index (χ4n) is 3.03. The van der Waals surface area contributed by atoms with E-state index in [-0.39, 0.29) is 12.4 Å². The van der Waals surface area contributed by atoms with Crippen molar-refractivity contribution in [1.29, 1.82) is 0 Å². The third-order valence-corrected chi connectivity index (χ3v) is 6.16. The number of pyridine rings is 1. The van der Waals surface area contributed by atoms with Gasteiger partial charge in [-0.15, -0.1) is 12.4 Å². The molecule has 2 saturated heterocycles. The molecule has 3 heterocycles. The van der Waals surface area contributed by atoms with Gasteiger partial charge in [-0.3, -0.25) is 9.88 Å².